The van der Waals surface area contributed by atoms with E-state index in [2.05, 4.69) is 0 Å². The number of methoxy groups -OCH3 is 1. The van der Waals surface area contributed by atoms with E-state index in [1.807, 2.05) is 38.1 Å². The molecular formula is C20H31N2O4S2+. The van der Waals surface area contributed by atoms with Gasteiger partial charge >= 0.3 is 12.0 Å². The number of thioether (sulfide) groups is 2. The van der Waals surface area contributed by atoms with E-state index in [1.54, 1.807) is 30.6 Å². The summed E-state index contributed by atoms with van der Waals surface area (Å²) < 4.78 is 4.71. The molecule has 0 aromatic heterocycles. The first-order chi connectivity index (χ1) is 13.3. The molecule has 3 N–H and O–H groups in total. The van der Waals surface area contributed by atoms with E-state index in [-0.39, 0.29) is 23.1 Å². The van der Waals surface area contributed by atoms with Crippen LogP contribution in [0.3, 0.4) is 0 Å². The fraction of sp³-hybridized carbons (Fsp3) is 0.600. The fourth-order valence-electron chi connectivity index (χ4n) is 3.70. The number of amides is 2. The molecule has 1 aromatic rings. The lowest BCUT2D eigenvalue weighted by Crippen LogP contribution is -2.61. The number of carbonyl (C=O) groups excluding carboxylic acids is 1. The Bertz CT molecular complexity index is 671. The van der Waals surface area contributed by atoms with E-state index in [1.165, 1.54) is 0 Å². The number of likely N-dealkylation sites (tertiary alicyclic amines) is 1. The van der Waals surface area contributed by atoms with Crippen LogP contribution in [0.5, 0.6) is 5.75 Å². The van der Waals surface area contributed by atoms with Gasteiger partial charge in [0.2, 0.25) is 0 Å². The summed E-state index contributed by atoms with van der Waals surface area (Å²) in [4.78, 5) is 25.3. The van der Waals surface area contributed by atoms with Crippen molar-refractivity contribution in [2.24, 2.45) is 11.7 Å². The van der Waals surface area contributed by atoms with Crippen LogP contribution in [0.4, 0.5) is 4.79 Å². The van der Waals surface area contributed by atoms with Crippen molar-refractivity contribution >= 4 is 35.5 Å². The Labute approximate surface area is 175 Å². The number of hydrogen-bond acceptors (Lipinski definition) is 6. The Morgan fingerprint density at radius 2 is 2.04 bits per heavy atom. The van der Waals surface area contributed by atoms with Crippen LogP contribution in [0.25, 0.3) is 0 Å². The van der Waals surface area contributed by atoms with Crippen molar-refractivity contribution in [3.05, 3.63) is 29.8 Å². The number of nitrogens with zero attached hydrogens (tertiary/aromatic N) is 1. The second-order valence-electron chi connectivity index (χ2n) is 7.30. The normalized spacial score (nSPS) is 25.4. The highest BCUT2D eigenvalue weighted by atomic mass is 32.2. The molecule has 0 saturated carbocycles. The number of quaternary nitrogens is 1. The van der Waals surface area contributed by atoms with Crippen molar-refractivity contribution in [1.29, 1.82) is 0 Å². The summed E-state index contributed by atoms with van der Waals surface area (Å²) in [5.41, 5.74) is 6.73. The summed E-state index contributed by atoms with van der Waals surface area (Å²) in [6.07, 6.45) is -0.297. The molecule has 156 valence electrons. The van der Waals surface area contributed by atoms with Crippen LogP contribution in [-0.4, -0.2) is 64.6 Å². The third-order valence-corrected chi connectivity index (χ3v) is 7.83. The summed E-state index contributed by atoms with van der Waals surface area (Å²) in [5.74, 6) is 2.48. The standard InChI is InChI=1S/C20H30N2O4S2/c1-14(12-27-13-16-4-6-17(26-3)7-5-16)19(23)22(20(24)25)11-18(10-15(22)2)28-9-8-21/h4-7,14-15,18H,8-13,21H2,1-3H3/p+1/t14?,15?,18-,22-/m0/s1. The lowest BCUT2D eigenvalue weighted by atomic mass is 10.1. The Balaban J connectivity index is 1.97. The largest absolute Gasteiger partial charge is 0.521 e. The third-order valence-electron chi connectivity index (χ3n) is 5.27. The topological polar surface area (TPSA) is 89.6 Å². The maximum atomic E-state index is 13.2. The molecule has 4 atom stereocenters. The maximum Gasteiger partial charge on any atom is 0.521 e. The fourth-order valence-corrected chi connectivity index (χ4v) is 5.97. The van der Waals surface area contributed by atoms with Gasteiger partial charge in [0.05, 0.1) is 18.3 Å². The molecule has 0 radical (unpaired) electrons. The molecule has 28 heavy (non-hydrogen) atoms. The van der Waals surface area contributed by atoms with E-state index in [0.29, 0.717) is 18.8 Å². The second-order valence-corrected chi connectivity index (χ2v) is 9.74. The number of carbonyl (C=O) groups is 2. The van der Waals surface area contributed by atoms with Gasteiger partial charge < -0.3 is 15.6 Å². The minimum absolute atomic E-state index is 0.165. The van der Waals surface area contributed by atoms with Crippen LogP contribution in [0, 0.1) is 5.92 Å². The highest BCUT2D eigenvalue weighted by molar-refractivity contribution is 8.00. The molecule has 2 amide bonds. The first-order valence-corrected chi connectivity index (χ1v) is 11.7. The van der Waals surface area contributed by atoms with E-state index < -0.39 is 10.6 Å². The predicted molar refractivity (Wildman–Crippen MR) is 116 cm³/mol. The van der Waals surface area contributed by atoms with Crippen LogP contribution in [-0.2, 0) is 10.5 Å². The van der Waals surface area contributed by atoms with Crippen LogP contribution < -0.4 is 10.5 Å². The number of hydrogen-bond donors (Lipinski definition) is 2. The van der Waals surface area contributed by atoms with Crippen molar-refractivity contribution in [1.82, 2.24) is 0 Å². The van der Waals surface area contributed by atoms with Gasteiger partial charge in [-0.25, -0.2) is 4.79 Å². The number of rotatable bonds is 9. The smallest absolute Gasteiger partial charge is 0.497 e. The van der Waals surface area contributed by atoms with Gasteiger partial charge in [-0.2, -0.15) is 32.8 Å². The molecule has 1 fully saturated rings. The van der Waals surface area contributed by atoms with E-state index in [4.69, 9.17) is 10.5 Å². The van der Waals surface area contributed by atoms with Crippen molar-refractivity contribution in [3.8, 4) is 5.75 Å². The molecule has 1 heterocycles. The van der Waals surface area contributed by atoms with Gasteiger partial charge in [0.15, 0.2) is 0 Å². The molecule has 0 spiro atoms. The molecule has 0 bridgehead atoms. The van der Waals surface area contributed by atoms with Gasteiger partial charge in [-0.1, -0.05) is 12.1 Å². The molecule has 8 heteroatoms. The summed E-state index contributed by atoms with van der Waals surface area (Å²) in [6.45, 7) is 4.65. The minimum Gasteiger partial charge on any atom is -0.497 e. The van der Waals surface area contributed by atoms with E-state index in [0.717, 1.165) is 29.2 Å². The zero-order valence-electron chi connectivity index (χ0n) is 16.8. The van der Waals surface area contributed by atoms with Crippen molar-refractivity contribution in [3.63, 3.8) is 0 Å². The van der Waals surface area contributed by atoms with Crippen LogP contribution in [0.2, 0.25) is 0 Å². The average Bonchev–Trinajstić information content (AvgIpc) is 3.03. The zero-order chi connectivity index (χ0) is 20.7. The molecule has 2 unspecified atom stereocenters. The Morgan fingerprint density at radius 3 is 2.61 bits per heavy atom. The summed E-state index contributed by atoms with van der Waals surface area (Å²) in [5, 5.41) is 10.1. The summed E-state index contributed by atoms with van der Waals surface area (Å²) >= 11 is 3.34. The highest BCUT2D eigenvalue weighted by Gasteiger charge is 2.57. The van der Waals surface area contributed by atoms with Crippen molar-refractivity contribution in [2.75, 3.05) is 31.7 Å². The van der Waals surface area contributed by atoms with Crippen molar-refractivity contribution in [2.45, 2.75) is 37.3 Å². The molecule has 1 aromatic carbocycles. The van der Waals surface area contributed by atoms with Crippen LogP contribution >= 0.6 is 23.5 Å². The maximum absolute atomic E-state index is 13.2. The Kier molecular flexibility index (Phi) is 8.67. The zero-order valence-corrected chi connectivity index (χ0v) is 18.4. The van der Waals surface area contributed by atoms with Gasteiger partial charge in [-0.3, -0.25) is 0 Å². The number of imide groups is 1. The minimum atomic E-state index is -1.03. The molecule has 2 rings (SSSR count). The lowest BCUT2D eigenvalue weighted by molar-refractivity contribution is -0.793. The summed E-state index contributed by atoms with van der Waals surface area (Å²) in [6, 6.07) is 7.63. The number of carboxylic acid groups (broad SMARTS) is 1. The molecule has 1 aliphatic rings. The van der Waals surface area contributed by atoms with Crippen molar-refractivity contribution < 1.29 is 23.9 Å². The summed E-state index contributed by atoms with van der Waals surface area (Å²) in [7, 11) is 1.64. The third kappa shape index (κ3) is 5.23. The number of benzene rings is 1. The SMILES string of the molecule is COc1ccc(CSCC(C)C(=O)[N@+]2(C(=O)O)C[C@@H](SCCN)CC2C)cc1. The van der Waals surface area contributed by atoms with Gasteiger partial charge in [0, 0.05) is 30.2 Å². The van der Waals surface area contributed by atoms with Crippen LogP contribution in [0.15, 0.2) is 24.3 Å². The quantitative estimate of drug-likeness (QED) is 0.584. The van der Waals surface area contributed by atoms with Gasteiger partial charge in [0.1, 0.15) is 18.3 Å². The molecule has 6 nitrogen and oxygen atoms in total. The Hall–Kier alpha value is -1.22. The molecule has 0 aliphatic carbocycles. The van der Waals surface area contributed by atoms with E-state index in [9.17, 15) is 14.7 Å². The lowest BCUT2D eigenvalue weighted by Gasteiger charge is -2.31. The first kappa shape index (κ1) is 23.1. The number of nitrogens with two attached hydrogens (primary N) is 1. The van der Waals surface area contributed by atoms with Gasteiger partial charge in [-0.15, -0.1) is 0 Å². The van der Waals surface area contributed by atoms with Gasteiger partial charge in [-0.05, 0) is 31.5 Å². The predicted octanol–water partition coefficient (Wildman–Crippen LogP) is 3.44. The molecule has 1 saturated heterocycles. The van der Waals surface area contributed by atoms with E-state index >= 15 is 0 Å². The monoisotopic (exact) mass is 427 g/mol. The molecular weight excluding hydrogens is 396 g/mol. The Morgan fingerprint density at radius 1 is 1.36 bits per heavy atom. The molecule has 1 aliphatic heterocycles. The van der Waals surface area contributed by atoms with Crippen LogP contribution in [0.1, 0.15) is 25.8 Å². The highest BCUT2D eigenvalue weighted by Crippen LogP contribution is 2.36. The van der Waals surface area contributed by atoms with Gasteiger partial charge in [0.25, 0.3) is 0 Å². The number of ether oxygens (including phenoxy) is 1. The average molecular weight is 428 g/mol. The second kappa shape index (κ2) is 10.5. The first-order valence-electron chi connectivity index (χ1n) is 9.53.